The first-order valence-electron chi connectivity index (χ1n) is 8.84. The molecule has 1 amide bonds. The van der Waals surface area contributed by atoms with Crippen molar-refractivity contribution in [1.29, 1.82) is 0 Å². The van der Waals surface area contributed by atoms with Gasteiger partial charge in [0.15, 0.2) is 0 Å². The van der Waals surface area contributed by atoms with Gasteiger partial charge in [0.25, 0.3) is 5.91 Å². The van der Waals surface area contributed by atoms with Gasteiger partial charge >= 0.3 is 0 Å². The lowest BCUT2D eigenvalue weighted by atomic mass is 9.88. The fourth-order valence-electron chi connectivity index (χ4n) is 3.63. The topological polar surface area (TPSA) is 35.6 Å². The van der Waals surface area contributed by atoms with E-state index in [1.165, 1.54) is 16.9 Å². The lowest BCUT2D eigenvalue weighted by Crippen LogP contribution is -2.49. The number of hydrogen-bond acceptors (Lipinski definition) is 4. The normalized spacial score (nSPS) is 24.2. The summed E-state index contributed by atoms with van der Waals surface area (Å²) in [5, 5.41) is 5.28. The molecule has 0 aromatic carbocycles. The van der Waals surface area contributed by atoms with Crippen molar-refractivity contribution >= 4 is 17.2 Å². The van der Waals surface area contributed by atoms with E-state index in [0.29, 0.717) is 0 Å². The zero-order chi connectivity index (χ0) is 16.4. The van der Waals surface area contributed by atoms with E-state index in [-0.39, 0.29) is 11.9 Å². The van der Waals surface area contributed by atoms with Gasteiger partial charge in [0.1, 0.15) is 0 Å². The van der Waals surface area contributed by atoms with Crippen molar-refractivity contribution in [2.75, 3.05) is 39.8 Å². The molecule has 1 aromatic rings. The number of carbonyl (C=O) groups excluding carboxylic acids is 1. The van der Waals surface area contributed by atoms with Crippen LogP contribution in [0, 0.1) is 5.92 Å². The zero-order valence-corrected chi connectivity index (χ0v) is 15.4. The van der Waals surface area contributed by atoms with Gasteiger partial charge in [0, 0.05) is 49.0 Å². The van der Waals surface area contributed by atoms with Crippen LogP contribution in [0.1, 0.15) is 41.1 Å². The molecule has 2 atom stereocenters. The SMILES string of the molecule is C[C@@H]1CCc2c(C(=O)N[C@H](C)CN3CCN(C)CC3)csc2C1. The van der Waals surface area contributed by atoms with Crippen LogP contribution >= 0.6 is 11.3 Å². The predicted molar refractivity (Wildman–Crippen MR) is 96.4 cm³/mol. The van der Waals surface area contributed by atoms with Gasteiger partial charge in [0.2, 0.25) is 0 Å². The second-order valence-electron chi connectivity index (χ2n) is 7.38. The minimum atomic E-state index is 0.124. The highest BCUT2D eigenvalue weighted by Crippen LogP contribution is 2.32. The molecule has 1 aliphatic carbocycles. The van der Waals surface area contributed by atoms with Gasteiger partial charge in [-0.1, -0.05) is 6.92 Å². The van der Waals surface area contributed by atoms with E-state index in [0.717, 1.165) is 57.0 Å². The first-order chi connectivity index (χ1) is 11.0. The third-order valence-electron chi connectivity index (χ3n) is 5.15. The summed E-state index contributed by atoms with van der Waals surface area (Å²) in [5.74, 6) is 0.881. The Labute approximate surface area is 143 Å². The van der Waals surface area contributed by atoms with E-state index in [9.17, 15) is 4.79 Å². The fraction of sp³-hybridized carbons (Fsp3) is 0.722. The average Bonchev–Trinajstić information content (AvgIpc) is 2.92. The van der Waals surface area contributed by atoms with E-state index in [4.69, 9.17) is 0 Å². The summed E-state index contributed by atoms with van der Waals surface area (Å²) in [6.45, 7) is 9.82. The van der Waals surface area contributed by atoms with Crippen LogP contribution in [0.15, 0.2) is 5.38 Å². The molecule has 1 N–H and O–H groups in total. The number of likely N-dealkylation sites (N-methyl/N-ethyl adjacent to an activating group) is 1. The van der Waals surface area contributed by atoms with E-state index in [1.54, 1.807) is 11.3 Å². The Morgan fingerprint density at radius 2 is 2.13 bits per heavy atom. The quantitative estimate of drug-likeness (QED) is 0.917. The van der Waals surface area contributed by atoms with E-state index < -0.39 is 0 Å². The lowest BCUT2D eigenvalue weighted by molar-refractivity contribution is 0.0914. The Hall–Kier alpha value is -0.910. The van der Waals surface area contributed by atoms with E-state index in [1.807, 2.05) is 0 Å². The third kappa shape index (κ3) is 4.14. The lowest BCUT2D eigenvalue weighted by Gasteiger charge is -2.34. The molecule has 2 aliphatic rings. The predicted octanol–water partition coefficient (Wildman–Crippen LogP) is 2.24. The number of thiophene rings is 1. The molecule has 0 unspecified atom stereocenters. The molecule has 2 heterocycles. The summed E-state index contributed by atoms with van der Waals surface area (Å²) in [5.41, 5.74) is 2.25. The summed E-state index contributed by atoms with van der Waals surface area (Å²) < 4.78 is 0. The maximum absolute atomic E-state index is 12.6. The highest BCUT2D eigenvalue weighted by Gasteiger charge is 2.24. The van der Waals surface area contributed by atoms with Crippen LogP contribution in [0.2, 0.25) is 0 Å². The Kier molecular flexibility index (Phi) is 5.39. The van der Waals surface area contributed by atoms with Gasteiger partial charge in [0.05, 0.1) is 5.56 Å². The standard InChI is InChI=1S/C18H29N3OS/c1-13-4-5-15-16(12-23-17(15)10-13)18(22)19-14(2)11-21-8-6-20(3)7-9-21/h12-14H,4-11H2,1-3H3,(H,19,22)/t13-,14-/m1/s1. The van der Waals surface area contributed by atoms with Crippen LogP contribution in [0.25, 0.3) is 0 Å². The maximum atomic E-state index is 12.6. The van der Waals surface area contributed by atoms with Crippen LogP contribution in [0.4, 0.5) is 0 Å². The van der Waals surface area contributed by atoms with Gasteiger partial charge in [-0.3, -0.25) is 9.69 Å². The molecule has 1 fully saturated rings. The second-order valence-corrected chi connectivity index (χ2v) is 8.34. The Bertz CT molecular complexity index is 548. The minimum Gasteiger partial charge on any atom is -0.348 e. The van der Waals surface area contributed by atoms with Crippen molar-refractivity contribution in [2.45, 2.75) is 39.2 Å². The molecule has 4 nitrogen and oxygen atoms in total. The van der Waals surface area contributed by atoms with Gasteiger partial charge in [-0.25, -0.2) is 0 Å². The van der Waals surface area contributed by atoms with Crippen molar-refractivity contribution in [1.82, 2.24) is 15.1 Å². The molecule has 0 radical (unpaired) electrons. The summed E-state index contributed by atoms with van der Waals surface area (Å²) in [6, 6.07) is 0.198. The Morgan fingerprint density at radius 1 is 1.39 bits per heavy atom. The highest BCUT2D eigenvalue weighted by molar-refractivity contribution is 7.10. The second kappa shape index (κ2) is 7.32. The highest BCUT2D eigenvalue weighted by atomic mass is 32.1. The molecule has 1 aliphatic heterocycles. The van der Waals surface area contributed by atoms with Gasteiger partial charge in [-0.15, -0.1) is 11.3 Å². The van der Waals surface area contributed by atoms with E-state index >= 15 is 0 Å². The summed E-state index contributed by atoms with van der Waals surface area (Å²) in [7, 11) is 2.17. The number of hydrogen-bond donors (Lipinski definition) is 1. The van der Waals surface area contributed by atoms with Crippen LogP contribution in [0.3, 0.4) is 0 Å². The number of carbonyl (C=O) groups is 1. The number of nitrogens with zero attached hydrogens (tertiary/aromatic N) is 2. The zero-order valence-electron chi connectivity index (χ0n) is 14.6. The molecule has 5 heteroatoms. The van der Waals surface area contributed by atoms with Crippen molar-refractivity contribution < 1.29 is 4.79 Å². The van der Waals surface area contributed by atoms with Gasteiger partial charge in [-0.05, 0) is 44.7 Å². The molecular formula is C18H29N3OS. The largest absolute Gasteiger partial charge is 0.348 e. The summed E-state index contributed by atoms with van der Waals surface area (Å²) in [6.07, 6.45) is 3.42. The van der Waals surface area contributed by atoms with E-state index in [2.05, 4.69) is 41.4 Å². The molecule has 0 spiro atoms. The van der Waals surface area contributed by atoms with Crippen LogP contribution < -0.4 is 5.32 Å². The van der Waals surface area contributed by atoms with Crippen molar-refractivity contribution in [2.24, 2.45) is 5.92 Å². The molecule has 0 bridgehead atoms. The monoisotopic (exact) mass is 335 g/mol. The molecule has 0 saturated carbocycles. The molecule has 1 aromatic heterocycles. The minimum absolute atomic E-state index is 0.124. The van der Waals surface area contributed by atoms with Gasteiger partial charge < -0.3 is 10.2 Å². The molecule has 23 heavy (non-hydrogen) atoms. The first-order valence-corrected chi connectivity index (χ1v) is 9.72. The molecular weight excluding hydrogens is 306 g/mol. The number of rotatable bonds is 4. The first kappa shape index (κ1) is 16.9. The number of amides is 1. The molecule has 3 rings (SSSR count). The van der Waals surface area contributed by atoms with Crippen LogP contribution in [-0.2, 0) is 12.8 Å². The van der Waals surface area contributed by atoms with Crippen LogP contribution in [-0.4, -0.2) is 61.5 Å². The Balaban J connectivity index is 1.55. The van der Waals surface area contributed by atoms with Gasteiger partial charge in [-0.2, -0.15) is 0 Å². The number of piperazine rings is 1. The van der Waals surface area contributed by atoms with Crippen molar-refractivity contribution in [3.05, 3.63) is 21.4 Å². The van der Waals surface area contributed by atoms with Crippen molar-refractivity contribution in [3.8, 4) is 0 Å². The molecule has 1 saturated heterocycles. The van der Waals surface area contributed by atoms with Crippen LogP contribution in [0.5, 0.6) is 0 Å². The summed E-state index contributed by atoms with van der Waals surface area (Å²) in [4.78, 5) is 18.9. The van der Waals surface area contributed by atoms with Crippen molar-refractivity contribution in [3.63, 3.8) is 0 Å². The third-order valence-corrected chi connectivity index (χ3v) is 6.20. The fourth-order valence-corrected chi connectivity index (χ4v) is 4.88. The summed E-state index contributed by atoms with van der Waals surface area (Å²) >= 11 is 1.77. The Morgan fingerprint density at radius 3 is 2.87 bits per heavy atom. The smallest absolute Gasteiger partial charge is 0.252 e. The maximum Gasteiger partial charge on any atom is 0.252 e. The number of nitrogens with one attached hydrogen (secondary N) is 1. The number of fused-ring (bicyclic) bond motifs is 1. The molecule has 128 valence electrons. The average molecular weight is 336 g/mol.